The maximum absolute atomic E-state index is 12.2. The largest absolute Gasteiger partial charge is 0.485 e. The number of hydrogen-bond acceptors (Lipinski definition) is 3. The third-order valence-corrected chi connectivity index (χ3v) is 4.26. The van der Waals surface area contributed by atoms with Gasteiger partial charge in [-0.2, -0.15) is 0 Å². The Morgan fingerprint density at radius 1 is 0.741 bits per heavy atom. The topological polar surface area (TPSA) is 55.4 Å². The van der Waals surface area contributed by atoms with Gasteiger partial charge in [0.1, 0.15) is 5.75 Å². The van der Waals surface area contributed by atoms with Crippen LogP contribution in [0.3, 0.4) is 0 Å². The summed E-state index contributed by atoms with van der Waals surface area (Å²) in [5.74, 6) is 0.145. The van der Waals surface area contributed by atoms with Crippen LogP contribution in [0.5, 0.6) is 5.75 Å². The first-order valence-corrected chi connectivity index (χ1v) is 8.85. The second-order valence-electron chi connectivity index (χ2n) is 5.70. The number of anilines is 1. The van der Waals surface area contributed by atoms with E-state index < -0.39 is 0 Å². The van der Waals surface area contributed by atoms with Gasteiger partial charge in [0.25, 0.3) is 5.91 Å². The highest BCUT2D eigenvalue weighted by Crippen LogP contribution is 2.18. The van der Waals surface area contributed by atoms with Gasteiger partial charge in [0.2, 0.25) is 0 Å². The van der Waals surface area contributed by atoms with Crippen LogP contribution in [0.25, 0.3) is 0 Å². The van der Waals surface area contributed by atoms with Crippen molar-refractivity contribution in [3.63, 3.8) is 0 Å². The normalized spacial score (nSPS) is 10.3. The monoisotopic (exact) mass is 399 g/mol. The van der Waals surface area contributed by atoms with E-state index in [9.17, 15) is 9.59 Å². The van der Waals surface area contributed by atoms with Crippen molar-refractivity contribution in [3.05, 3.63) is 94.0 Å². The van der Waals surface area contributed by atoms with Crippen molar-refractivity contribution in [3.8, 4) is 5.75 Å². The van der Waals surface area contributed by atoms with E-state index in [1.54, 1.807) is 72.8 Å². The molecular formula is C21H15Cl2NO3. The minimum atomic E-state index is -0.238. The summed E-state index contributed by atoms with van der Waals surface area (Å²) in [6.07, 6.45) is 0. The SMILES string of the molecule is O=C(COc1ccc(NC(=O)c2ccc(Cl)cc2)cc1)c1ccc(Cl)cc1. The van der Waals surface area contributed by atoms with Gasteiger partial charge in [-0.3, -0.25) is 9.59 Å². The summed E-state index contributed by atoms with van der Waals surface area (Å²) in [6.45, 7) is -0.0852. The lowest BCUT2D eigenvalue weighted by Crippen LogP contribution is -2.12. The minimum Gasteiger partial charge on any atom is -0.485 e. The van der Waals surface area contributed by atoms with E-state index in [0.29, 0.717) is 32.6 Å². The Balaban J connectivity index is 1.55. The zero-order chi connectivity index (χ0) is 19.2. The molecule has 0 heterocycles. The number of nitrogens with one attached hydrogen (secondary N) is 1. The fraction of sp³-hybridized carbons (Fsp3) is 0.0476. The molecule has 136 valence electrons. The lowest BCUT2D eigenvalue weighted by Gasteiger charge is -2.08. The van der Waals surface area contributed by atoms with E-state index in [2.05, 4.69) is 5.32 Å². The van der Waals surface area contributed by atoms with E-state index in [1.165, 1.54) is 0 Å². The zero-order valence-electron chi connectivity index (χ0n) is 14.1. The molecule has 0 spiro atoms. The van der Waals surface area contributed by atoms with Gasteiger partial charge < -0.3 is 10.1 Å². The molecule has 0 saturated carbocycles. The summed E-state index contributed by atoms with van der Waals surface area (Å²) in [6, 6.07) is 20.0. The maximum Gasteiger partial charge on any atom is 0.255 e. The first-order valence-electron chi connectivity index (χ1n) is 8.10. The van der Waals surface area contributed by atoms with Crippen molar-refractivity contribution in [1.29, 1.82) is 0 Å². The van der Waals surface area contributed by atoms with Crippen LogP contribution in [0.2, 0.25) is 10.0 Å². The average molecular weight is 400 g/mol. The number of amides is 1. The number of ketones is 1. The standard InChI is InChI=1S/C21H15Cl2NO3/c22-16-5-1-14(2-6-16)20(25)13-27-19-11-9-18(10-12-19)24-21(26)15-3-7-17(23)8-4-15/h1-12H,13H2,(H,24,26). The molecule has 0 aliphatic carbocycles. The van der Waals surface area contributed by atoms with Crippen LogP contribution in [0.4, 0.5) is 5.69 Å². The fourth-order valence-electron chi connectivity index (χ4n) is 2.31. The first kappa shape index (κ1) is 19.0. The van der Waals surface area contributed by atoms with Gasteiger partial charge >= 0.3 is 0 Å². The molecule has 0 aromatic heterocycles. The highest BCUT2D eigenvalue weighted by Gasteiger charge is 2.08. The summed E-state index contributed by atoms with van der Waals surface area (Å²) >= 11 is 11.6. The average Bonchev–Trinajstić information content (AvgIpc) is 2.68. The molecule has 0 aliphatic heterocycles. The number of hydrogen-bond donors (Lipinski definition) is 1. The predicted molar refractivity (Wildman–Crippen MR) is 107 cm³/mol. The van der Waals surface area contributed by atoms with Crippen LogP contribution in [-0.2, 0) is 0 Å². The molecule has 4 nitrogen and oxygen atoms in total. The molecule has 1 N–H and O–H groups in total. The van der Waals surface area contributed by atoms with Crippen molar-refractivity contribution in [1.82, 2.24) is 0 Å². The number of halogens is 2. The highest BCUT2D eigenvalue weighted by molar-refractivity contribution is 6.31. The molecule has 6 heteroatoms. The first-order chi connectivity index (χ1) is 13.0. The third-order valence-electron chi connectivity index (χ3n) is 3.75. The van der Waals surface area contributed by atoms with Gasteiger partial charge in [-0.15, -0.1) is 0 Å². The van der Waals surface area contributed by atoms with E-state index in [1.807, 2.05) is 0 Å². The van der Waals surface area contributed by atoms with Crippen LogP contribution in [0.15, 0.2) is 72.8 Å². The molecule has 0 aliphatic rings. The van der Waals surface area contributed by atoms with Crippen molar-refractivity contribution < 1.29 is 14.3 Å². The minimum absolute atomic E-state index is 0.0852. The van der Waals surface area contributed by atoms with Crippen molar-refractivity contribution in [2.75, 3.05) is 11.9 Å². The van der Waals surface area contributed by atoms with E-state index in [-0.39, 0.29) is 18.3 Å². The van der Waals surface area contributed by atoms with Crippen molar-refractivity contribution in [2.45, 2.75) is 0 Å². The van der Waals surface area contributed by atoms with Gasteiger partial charge in [0, 0.05) is 26.9 Å². The molecule has 27 heavy (non-hydrogen) atoms. The Bertz CT molecular complexity index is 937. The predicted octanol–water partition coefficient (Wildman–Crippen LogP) is 5.51. The third kappa shape index (κ3) is 5.33. The molecule has 0 saturated heterocycles. The smallest absolute Gasteiger partial charge is 0.255 e. The number of benzene rings is 3. The number of carbonyl (C=O) groups is 2. The molecule has 0 radical (unpaired) electrons. The summed E-state index contributed by atoms with van der Waals surface area (Å²) in [7, 11) is 0. The van der Waals surface area contributed by atoms with E-state index in [4.69, 9.17) is 27.9 Å². The zero-order valence-corrected chi connectivity index (χ0v) is 15.6. The van der Waals surface area contributed by atoms with Crippen molar-refractivity contribution in [2.24, 2.45) is 0 Å². The molecule has 3 aromatic rings. The molecule has 3 aromatic carbocycles. The molecule has 0 unspecified atom stereocenters. The van der Waals surface area contributed by atoms with Crippen LogP contribution in [-0.4, -0.2) is 18.3 Å². The number of rotatable bonds is 6. The van der Waals surface area contributed by atoms with Gasteiger partial charge in [-0.25, -0.2) is 0 Å². The molecule has 3 rings (SSSR count). The Kier molecular flexibility index (Phi) is 6.12. The van der Waals surface area contributed by atoms with Crippen LogP contribution in [0.1, 0.15) is 20.7 Å². The summed E-state index contributed by atoms with van der Waals surface area (Å²) < 4.78 is 5.50. The highest BCUT2D eigenvalue weighted by atomic mass is 35.5. The lowest BCUT2D eigenvalue weighted by atomic mass is 10.1. The fourth-order valence-corrected chi connectivity index (χ4v) is 2.56. The number of ether oxygens (including phenoxy) is 1. The van der Waals surface area contributed by atoms with Crippen LogP contribution in [0, 0.1) is 0 Å². The van der Waals surface area contributed by atoms with E-state index >= 15 is 0 Å². The molecule has 0 fully saturated rings. The summed E-state index contributed by atoms with van der Waals surface area (Å²) in [4.78, 5) is 24.3. The molecule has 0 atom stereocenters. The Morgan fingerprint density at radius 2 is 1.26 bits per heavy atom. The maximum atomic E-state index is 12.2. The second-order valence-corrected chi connectivity index (χ2v) is 6.58. The summed E-state index contributed by atoms with van der Waals surface area (Å²) in [5.41, 5.74) is 1.66. The summed E-state index contributed by atoms with van der Waals surface area (Å²) in [5, 5.41) is 3.93. The molecule has 0 bridgehead atoms. The quantitative estimate of drug-likeness (QED) is 0.556. The van der Waals surface area contributed by atoms with Gasteiger partial charge in [-0.1, -0.05) is 23.2 Å². The van der Waals surface area contributed by atoms with Gasteiger partial charge in [0.05, 0.1) is 0 Å². The lowest BCUT2D eigenvalue weighted by molar-refractivity contribution is 0.0921. The Morgan fingerprint density at radius 3 is 1.81 bits per heavy atom. The molecular weight excluding hydrogens is 385 g/mol. The van der Waals surface area contributed by atoms with Crippen LogP contribution >= 0.6 is 23.2 Å². The van der Waals surface area contributed by atoms with E-state index in [0.717, 1.165) is 0 Å². The number of carbonyl (C=O) groups excluding carboxylic acids is 2. The van der Waals surface area contributed by atoms with Gasteiger partial charge in [0.15, 0.2) is 12.4 Å². The van der Waals surface area contributed by atoms with Crippen LogP contribution < -0.4 is 10.1 Å². The van der Waals surface area contributed by atoms with Gasteiger partial charge in [-0.05, 0) is 72.8 Å². The number of Topliss-reactive ketones (excluding diaryl/α,β-unsaturated/α-hetero) is 1. The molecule has 1 amide bonds. The Hall–Kier alpha value is -2.82. The Labute approximate surface area is 166 Å². The van der Waals surface area contributed by atoms with Crippen molar-refractivity contribution >= 4 is 40.6 Å². The second kappa shape index (κ2) is 8.71.